The summed E-state index contributed by atoms with van der Waals surface area (Å²) in [6.45, 7) is 15.9. The fourth-order valence-electron chi connectivity index (χ4n) is 10.5. The van der Waals surface area contributed by atoms with Crippen LogP contribution in [0.15, 0.2) is 47.6 Å². The Hall–Kier alpha value is -3.14. The number of cyclic esters (lactones) is 1. The summed E-state index contributed by atoms with van der Waals surface area (Å²) in [7, 11) is 1.76. The van der Waals surface area contributed by atoms with Crippen molar-refractivity contribution in [2.24, 2.45) is 35.5 Å². The number of esters is 1. The number of amides is 1. The number of aliphatic hydroxyl groups is 2. The van der Waals surface area contributed by atoms with Gasteiger partial charge in [0.05, 0.1) is 24.4 Å². The first-order valence-corrected chi connectivity index (χ1v) is 27.7. The quantitative estimate of drug-likeness (QED) is 0.104. The zero-order valence-corrected chi connectivity index (χ0v) is 44.3. The molecule has 0 aromatic rings. The minimum atomic E-state index is -2.79. The maximum absolute atomic E-state index is 14.5. The first-order chi connectivity index (χ1) is 32.4. The van der Waals surface area contributed by atoms with E-state index in [-0.39, 0.29) is 60.9 Å². The van der Waals surface area contributed by atoms with Crippen LogP contribution in [0.3, 0.4) is 0 Å². The van der Waals surface area contributed by atoms with Crippen LogP contribution in [-0.4, -0.2) is 140 Å². The molecule has 3 fully saturated rings. The molecule has 1 aliphatic carbocycles. The Morgan fingerprint density at radius 2 is 1.57 bits per heavy atom. The van der Waals surface area contributed by atoms with Gasteiger partial charge in [-0.1, -0.05) is 71.1 Å². The monoisotopic (exact) mass is 990 g/mol. The Morgan fingerprint density at radius 3 is 2.22 bits per heavy atom. The van der Waals surface area contributed by atoms with Gasteiger partial charge in [-0.05, 0) is 107 Å². The van der Waals surface area contributed by atoms with E-state index < -0.39 is 85.1 Å². The molecule has 4 rings (SSSR count). The molecule has 16 heteroatoms. The maximum atomic E-state index is 14.5. The van der Waals surface area contributed by atoms with Crippen molar-refractivity contribution in [1.82, 2.24) is 4.90 Å². The van der Waals surface area contributed by atoms with E-state index in [1.165, 1.54) is 12.0 Å². The summed E-state index contributed by atoms with van der Waals surface area (Å²) in [5.74, 6) is -8.11. The van der Waals surface area contributed by atoms with Crippen molar-refractivity contribution in [3.05, 3.63) is 47.6 Å². The van der Waals surface area contributed by atoms with E-state index in [4.69, 9.17) is 28.2 Å². The lowest BCUT2D eigenvalue weighted by Gasteiger charge is -2.42. The summed E-state index contributed by atoms with van der Waals surface area (Å²) in [4.78, 5) is 72.2. The van der Waals surface area contributed by atoms with E-state index in [1.807, 2.05) is 58.1 Å². The van der Waals surface area contributed by atoms with E-state index in [9.17, 15) is 38.8 Å². The normalized spacial score (nSPS) is 36.6. The van der Waals surface area contributed by atoms with Gasteiger partial charge in [0.25, 0.3) is 11.7 Å². The molecule has 2 saturated heterocycles. The number of aliphatic hydroxyl groups excluding tert-OH is 1. The highest BCUT2D eigenvalue weighted by Gasteiger charge is 2.53. The zero-order valence-electron chi connectivity index (χ0n) is 43.4. The van der Waals surface area contributed by atoms with Crippen molar-refractivity contribution in [2.75, 3.05) is 41.2 Å². The molecule has 69 heavy (non-hydrogen) atoms. The van der Waals surface area contributed by atoms with Crippen LogP contribution in [0.5, 0.6) is 0 Å². The molecule has 1 saturated carbocycles. The number of fused-ring (bicyclic) bond motifs is 3. The molecule has 0 spiro atoms. The Labute approximate surface area is 411 Å². The number of piperidine rings is 1. The second-order valence-corrected chi connectivity index (χ2v) is 23.6. The second kappa shape index (κ2) is 26.5. The molecular formula is C53H84NO14P. The highest BCUT2D eigenvalue weighted by Crippen LogP contribution is 2.45. The van der Waals surface area contributed by atoms with Gasteiger partial charge in [-0.15, -0.1) is 0 Å². The number of ketones is 3. The van der Waals surface area contributed by atoms with Crippen LogP contribution in [0, 0.1) is 35.5 Å². The summed E-state index contributed by atoms with van der Waals surface area (Å²) in [6.07, 6.45) is 11.4. The van der Waals surface area contributed by atoms with Gasteiger partial charge in [-0.25, -0.2) is 4.79 Å². The zero-order chi connectivity index (χ0) is 51.4. The number of Topliss-reactive ketones (excluding diaryl/α,β-unsaturated/α-hetero) is 3. The predicted octanol–water partition coefficient (Wildman–Crippen LogP) is 7.74. The number of hydrogen-bond donors (Lipinski definition) is 2. The molecule has 1 unspecified atom stereocenters. The fourth-order valence-corrected chi connectivity index (χ4v) is 11.4. The number of hydrogen-bond acceptors (Lipinski definition) is 14. The van der Waals surface area contributed by atoms with Crippen molar-refractivity contribution < 1.29 is 67.0 Å². The Bertz CT molecular complexity index is 1940. The molecule has 4 aliphatic rings. The smallest absolute Gasteiger partial charge is 0.329 e. The van der Waals surface area contributed by atoms with Gasteiger partial charge in [0.2, 0.25) is 5.79 Å². The van der Waals surface area contributed by atoms with Crippen molar-refractivity contribution in [2.45, 2.75) is 180 Å². The van der Waals surface area contributed by atoms with Gasteiger partial charge < -0.3 is 43.3 Å². The van der Waals surface area contributed by atoms with Crippen LogP contribution in [0.2, 0.25) is 0 Å². The van der Waals surface area contributed by atoms with Crippen molar-refractivity contribution in [3.63, 3.8) is 0 Å². The lowest BCUT2D eigenvalue weighted by molar-refractivity contribution is -0.265. The summed E-state index contributed by atoms with van der Waals surface area (Å²) in [5, 5.41) is 23.5. The number of carbonyl (C=O) groups excluding carboxylic acids is 5. The third-order valence-electron chi connectivity index (χ3n) is 14.8. The Balaban J connectivity index is 1.70. The molecule has 390 valence electrons. The third-order valence-corrected chi connectivity index (χ3v) is 15.6. The molecule has 3 heterocycles. The van der Waals surface area contributed by atoms with Gasteiger partial charge >= 0.3 is 5.97 Å². The minimum absolute atomic E-state index is 0.0117. The highest BCUT2D eigenvalue weighted by molar-refractivity contribution is 7.57. The number of nitrogens with zero attached hydrogens (tertiary/aromatic N) is 1. The summed E-state index contributed by atoms with van der Waals surface area (Å²) < 4.78 is 48.2. The lowest BCUT2D eigenvalue weighted by Crippen LogP contribution is -2.61. The van der Waals surface area contributed by atoms with E-state index in [2.05, 4.69) is 0 Å². The molecular weight excluding hydrogens is 906 g/mol. The van der Waals surface area contributed by atoms with E-state index in [1.54, 1.807) is 54.4 Å². The van der Waals surface area contributed by atoms with Crippen LogP contribution in [-0.2, 0) is 56.7 Å². The number of methoxy groups -OCH3 is 3. The third kappa shape index (κ3) is 16.2. The first kappa shape index (κ1) is 58.4. The van der Waals surface area contributed by atoms with Crippen LogP contribution >= 0.6 is 7.37 Å². The molecule has 15 nitrogen and oxygen atoms in total. The lowest BCUT2D eigenvalue weighted by atomic mass is 9.78. The molecule has 0 aromatic carbocycles. The van der Waals surface area contributed by atoms with Crippen molar-refractivity contribution >= 4 is 36.6 Å². The van der Waals surface area contributed by atoms with Crippen molar-refractivity contribution in [3.8, 4) is 0 Å². The topological polar surface area (TPSA) is 201 Å². The summed E-state index contributed by atoms with van der Waals surface area (Å²) in [6, 6.07) is -1.16. The van der Waals surface area contributed by atoms with Gasteiger partial charge in [0.15, 0.2) is 13.2 Å². The highest BCUT2D eigenvalue weighted by atomic mass is 31.2. The predicted molar refractivity (Wildman–Crippen MR) is 263 cm³/mol. The molecule has 0 aromatic heterocycles. The minimum Gasteiger partial charge on any atom is -0.460 e. The first-order valence-electron chi connectivity index (χ1n) is 25.2. The number of ether oxygens (including phenoxy) is 5. The Morgan fingerprint density at radius 1 is 0.855 bits per heavy atom. The molecule has 0 radical (unpaired) electrons. The standard InChI is InChI=1S/C53H84NO14P/c1-32-18-14-13-15-19-33(2)44(63-8)30-40-23-21-38(7)53(61,67-40)50(58)51(59)54-25-17-16-20-41(54)52(60)66-45(35(4)28-39-22-24-43(46(29-39)64-9)68-69(11,12)62)31-42(55)34(3)27-37(6)48(57)49(65-10)47(56)36(5)26-32/h13-15,18-19,27,32,34-36,38-41,43-46,48-49,57,61H,16-17,20-26,28-31H2,1-12H3/t32-,34+,35-,36-,38+,39+,40?,41+,43-,44+,45+,46-,48-,49+,53-/m1/s1. The number of allylic oxidation sites excluding steroid dienone is 6. The van der Waals surface area contributed by atoms with E-state index >= 15 is 0 Å². The van der Waals surface area contributed by atoms with Gasteiger partial charge in [0.1, 0.15) is 30.1 Å². The largest absolute Gasteiger partial charge is 0.460 e. The van der Waals surface area contributed by atoms with Crippen LogP contribution in [0.25, 0.3) is 0 Å². The fraction of sp³-hybridized carbons (Fsp3) is 0.755. The SMILES string of the molecule is CO[C@H]1CC2CC[C@H](C)[C@@](O)(O2)C(=O)C(=O)N2CCCC[C@H]2C(=O)O[C@H]([C@H](C)C[C@@H]2CC[C@@H](OP(C)(C)=O)[C@H](OC)C2)CC(=O)[C@@H](C)C=C(C)[C@@H](O)[C@@H](OC)C(=O)[C@H](C)C[C@H](C)C=CC=CC=C1C. The van der Waals surface area contributed by atoms with Crippen LogP contribution in [0.1, 0.15) is 126 Å². The average molecular weight is 990 g/mol. The molecule has 15 atom stereocenters. The molecule has 2 bridgehead atoms. The van der Waals surface area contributed by atoms with Gasteiger partial charge in [-0.2, -0.15) is 0 Å². The summed E-state index contributed by atoms with van der Waals surface area (Å²) in [5.41, 5.74) is 1.25. The maximum Gasteiger partial charge on any atom is 0.329 e. The van der Waals surface area contributed by atoms with Crippen molar-refractivity contribution in [1.29, 1.82) is 0 Å². The van der Waals surface area contributed by atoms with Crippen LogP contribution < -0.4 is 0 Å². The van der Waals surface area contributed by atoms with E-state index in [0.29, 0.717) is 63.4 Å². The molecule has 3 aliphatic heterocycles. The van der Waals surface area contributed by atoms with Gasteiger partial charge in [0, 0.05) is 71.8 Å². The second-order valence-electron chi connectivity index (χ2n) is 20.9. The van der Waals surface area contributed by atoms with Crippen LogP contribution in [0.4, 0.5) is 0 Å². The molecule has 2 N–H and O–H groups in total. The molecule has 1 amide bonds. The van der Waals surface area contributed by atoms with Gasteiger partial charge in [-0.3, -0.25) is 23.7 Å². The number of carbonyl (C=O) groups is 5. The summed E-state index contributed by atoms with van der Waals surface area (Å²) >= 11 is 0. The average Bonchev–Trinajstić information content (AvgIpc) is 3.30. The van der Waals surface area contributed by atoms with E-state index in [0.717, 1.165) is 12.0 Å². The Kier molecular flexibility index (Phi) is 22.5. The number of rotatable bonds is 8.